The maximum atomic E-state index is 10.8. The molecule has 0 aliphatic carbocycles. The molecule has 0 bridgehead atoms. The Labute approximate surface area is 176 Å². The molecule has 0 aromatic rings. The van der Waals surface area contributed by atoms with Crippen molar-refractivity contribution < 1.29 is 36.3 Å². The largest absolute Gasteiger partial charge is 2.00 e. The molecule has 5 heteroatoms. The number of rotatable bonds is 20. The van der Waals surface area contributed by atoms with Crippen molar-refractivity contribution in [1.82, 2.24) is 0 Å². The van der Waals surface area contributed by atoms with Crippen molar-refractivity contribution >= 4 is 11.9 Å². The summed E-state index contributed by atoms with van der Waals surface area (Å²) < 4.78 is 0. The molecule has 0 radical (unpaired) electrons. The van der Waals surface area contributed by atoms with E-state index in [2.05, 4.69) is 6.92 Å². The molecule has 0 spiro atoms. The molecule has 27 heavy (non-hydrogen) atoms. The average molecular weight is 427 g/mol. The molecular formula is C22H40NiO4. The van der Waals surface area contributed by atoms with Crippen LogP contribution in [0.15, 0.2) is 0 Å². The van der Waals surface area contributed by atoms with Gasteiger partial charge in [0.1, 0.15) is 0 Å². The Kier molecular flexibility index (Phi) is 23.1. The molecule has 0 aliphatic heterocycles. The minimum atomic E-state index is -1.31. The zero-order valence-electron chi connectivity index (χ0n) is 17.3. The Morgan fingerprint density at radius 2 is 0.963 bits per heavy atom. The van der Waals surface area contributed by atoms with E-state index in [9.17, 15) is 19.8 Å². The van der Waals surface area contributed by atoms with Crippen LogP contribution < -0.4 is 10.2 Å². The number of hydrogen-bond donors (Lipinski definition) is 0. The molecule has 0 N–H and O–H groups in total. The minimum absolute atomic E-state index is 0. The van der Waals surface area contributed by atoms with E-state index in [4.69, 9.17) is 0 Å². The van der Waals surface area contributed by atoms with Crippen LogP contribution >= 0.6 is 0 Å². The Morgan fingerprint density at radius 3 is 1.26 bits per heavy atom. The van der Waals surface area contributed by atoms with E-state index in [1.54, 1.807) is 0 Å². The van der Waals surface area contributed by atoms with Gasteiger partial charge in [0.2, 0.25) is 0 Å². The van der Waals surface area contributed by atoms with E-state index >= 15 is 0 Å². The topological polar surface area (TPSA) is 80.3 Å². The van der Waals surface area contributed by atoms with Gasteiger partial charge in [0, 0.05) is 17.9 Å². The molecule has 0 heterocycles. The molecule has 0 aromatic heterocycles. The number of carbonyl (C=O) groups excluding carboxylic acids is 2. The summed E-state index contributed by atoms with van der Waals surface area (Å²) in [4.78, 5) is 21.3. The van der Waals surface area contributed by atoms with E-state index in [-0.39, 0.29) is 16.5 Å². The predicted octanol–water partition coefficient (Wildman–Crippen LogP) is 4.14. The number of aliphatic carboxylic acids is 2. The van der Waals surface area contributed by atoms with Gasteiger partial charge in [-0.1, -0.05) is 110 Å². The van der Waals surface area contributed by atoms with Crippen molar-refractivity contribution in [1.29, 1.82) is 0 Å². The smallest absolute Gasteiger partial charge is 0.550 e. The third-order valence-electron chi connectivity index (χ3n) is 5.15. The fourth-order valence-electron chi connectivity index (χ4n) is 3.44. The van der Waals surface area contributed by atoms with Crippen LogP contribution in [0.2, 0.25) is 0 Å². The number of carbonyl (C=O) groups is 2. The van der Waals surface area contributed by atoms with Crippen LogP contribution in [0.1, 0.15) is 122 Å². The van der Waals surface area contributed by atoms with Crippen LogP contribution in [-0.2, 0) is 26.1 Å². The molecule has 0 saturated heterocycles. The first-order chi connectivity index (χ1) is 12.6. The minimum Gasteiger partial charge on any atom is -0.550 e. The van der Waals surface area contributed by atoms with E-state index < -0.39 is 24.3 Å². The van der Waals surface area contributed by atoms with Crippen molar-refractivity contribution in [2.24, 2.45) is 5.92 Å². The van der Waals surface area contributed by atoms with Gasteiger partial charge >= 0.3 is 16.5 Å². The summed E-state index contributed by atoms with van der Waals surface area (Å²) in [5.41, 5.74) is 0. The fourth-order valence-corrected chi connectivity index (χ4v) is 3.44. The van der Waals surface area contributed by atoms with Crippen molar-refractivity contribution in [3.8, 4) is 0 Å². The molecule has 1 unspecified atom stereocenters. The normalized spacial score (nSPS) is 11.7. The van der Waals surface area contributed by atoms with Gasteiger partial charge < -0.3 is 19.8 Å². The third-order valence-corrected chi connectivity index (χ3v) is 5.15. The second kappa shape index (κ2) is 21.7. The number of carboxylic acid groups (broad SMARTS) is 2. The standard InChI is InChI=1S/C22H42O4.Ni/c1-2-3-4-5-6-7-8-9-10-11-12-13-14-15-16-17-18-20(22(25)26)19-21(23)24;/h20H,2-19H2,1H3,(H,23,24)(H,25,26);/q;+2/p-2. The van der Waals surface area contributed by atoms with Gasteiger partial charge in [-0.25, -0.2) is 0 Å². The first-order valence-corrected chi connectivity index (χ1v) is 11.0. The summed E-state index contributed by atoms with van der Waals surface area (Å²) in [6.07, 6.45) is 20.3. The average Bonchev–Trinajstić information content (AvgIpc) is 2.59. The summed E-state index contributed by atoms with van der Waals surface area (Å²) in [5.74, 6) is -3.47. The molecule has 0 amide bonds. The monoisotopic (exact) mass is 426 g/mol. The zero-order valence-corrected chi connectivity index (χ0v) is 18.2. The van der Waals surface area contributed by atoms with Gasteiger partial charge in [0.05, 0.1) is 0 Å². The maximum Gasteiger partial charge on any atom is 2.00 e. The molecule has 0 rings (SSSR count). The molecule has 0 fully saturated rings. The Morgan fingerprint density at radius 1 is 0.630 bits per heavy atom. The predicted molar refractivity (Wildman–Crippen MR) is 102 cm³/mol. The number of unbranched alkanes of at least 4 members (excludes halogenated alkanes) is 15. The maximum absolute atomic E-state index is 10.8. The van der Waals surface area contributed by atoms with E-state index in [1.807, 2.05) is 0 Å². The van der Waals surface area contributed by atoms with Gasteiger partial charge in [-0.15, -0.1) is 0 Å². The van der Waals surface area contributed by atoms with Crippen molar-refractivity contribution in [3.05, 3.63) is 0 Å². The summed E-state index contributed by atoms with van der Waals surface area (Å²) in [7, 11) is 0. The third kappa shape index (κ3) is 21.6. The molecular weight excluding hydrogens is 387 g/mol. The van der Waals surface area contributed by atoms with Crippen LogP contribution in [0, 0.1) is 5.92 Å². The van der Waals surface area contributed by atoms with Gasteiger partial charge in [0.15, 0.2) is 0 Å². The van der Waals surface area contributed by atoms with Crippen LogP contribution in [0.3, 0.4) is 0 Å². The summed E-state index contributed by atoms with van der Waals surface area (Å²) >= 11 is 0. The van der Waals surface area contributed by atoms with Crippen LogP contribution in [0.5, 0.6) is 0 Å². The quantitative estimate of drug-likeness (QED) is 0.216. The SMILES string of the molecule is CCCCCCCCCCCCCCCCCCC(CC(=O)[O-])C(=O)[O-].[Ni+2]. The summed E-state index contributed by atoms with van der Waals surface area (Å²) in [6, 6.07) is 0. The molecule has 0 saturated carbocycles. The van der Waals surface area contributed by atoms with Crippen molar-refractivity contribution in [2.45, 2.75) is 122 Å². The number of hydrogen-bond acceptors (Lipinski definition) is 4. The van der Waals surface area contributed by atoms with Gasteiger partial charge in [-0.05, 0) is 12.8 Å². The van der Waals surface area contributed by atoms with Crippen LogP contribution in [-0.4, -0.2) is 11.9 Å². The summed E-state index contributed by atoms with van der Waals surface area (Å²) in [5, 5.41) is 21.3. The summed E-state index contributed by atoms with van der Waals surface area (Å²) in [6.45, 7) is 2.26. The van der Waals surface area contributed by atoms with Crippen LogP contribution in [0.4, 0.5) is 0 Å². The Hall–Kier alpha value is -0.566. The molecule has 4 nitrogen and oxygen atoms in total. The van der Waals surface area contributed by atoms with Gasteiger partial charge in [0.25, 0.3) is 0 Å². The Bertz CT molecular complexity index is 347. The van der Waals surface area contributed by atoms with E-state index in [1.165, 1.54) is 83.5 Å². The van der Waals surface area contributed by atoms with E-state index in [0.29, 0.717) is 6.42 Å². The molecule has 0 aliphatic rings. The fraction of sp³-hybridized carbons (Fsp3) is 0.909. The Balaban J connectivity index is 0. The molecule has 1 atom stereocenters. The van der Waals surface area contributed by atoms with Gasteiger partial charge in [-0.3, -0.25) is 0 Å². The second-order valence-corrected chi connectivity index (χ2v) is 7.68. The zero-order chi connectivity index (χ0) is 19.5. The first-order valence-electron chi connectivity index (χ1n) is 11.0. The first kappa shape index (κ1) is 28.6. The van der Waals surface area contributed by atoms with Crippen molar-refractivity contribution in [3.63, 3.8) is 0 Å². The van der Waals surface area contributed by atoms with Crippen molar-refractivity contribution in [2.75, 3.05) is 0 Å². The molecule has 0 aromatic carbocycles. The van der Waals surface area contributed by atoms with E-state index in [0.717, 1.165) is 19.3 Å². The van der Waals surface area contributed by atoms with Gasteiger partial charge in [-0.2, -0.15) is 0 Å². The van der Waals surface area contributed by atoms with Crippen LogP contribution in [0.25, 0.3) is 0 Å². The second-order valence-electron chi connectivity index (χ2n) is 7.68. The molecule has 162 valence electrons. The number of carboxylic acids is 2.